The van der Waals surface area contributed by atoms with E-state index in [1.54, 1.807) is 24.3 Å². The number of aliphatic hydroxyl groups excluding tert-OH is 1. The van der Waals surface area contributed by atoms with Gasteiger partial charge in [-0.3, -0.25) is 10.1 Å². The lowest BCUT2D eigenvalue weighted by molar-refractivity contribution is -0.383. The van der Waals surface area contributed by atoms with Crippen LogP contribution in [0.1, 0.15) is 12.8 Å². The highest BCUT2D eigenvalue weighted by molar-refractivity contribution is 5.94. The molecular weight excluding hydrogens is 272 g/mol. The summed E-state index contributed by atoms with van der Waals surface area (Å²) in [6.45, 7) is 1.97. The Morgan fingerprint density at radius 1 is 1.10 bits per heavy atom. The standard InChI is InChI=1S/C10H7NO3.C5H11NO/c12-10-6-5-9(11(13)14)7-3-1-2-4-8(7)10;7-5-1-3-6-4-2-5/h1-6,12H;5-7H,1-4H2. The van der Waals surface area contributed by atoms with Crippen LogP contribution in [0.5, 0.6) is 5.75 Å². The summed E-state index contributed by atoms with van der Waals surface area (Å²) in [7, 11) is 0. The molecule has 0 aromatic heterocycles. The van der Waals surface area contributed by atoms with E-state index in [9.17, 15) is 15.2 Å². The van der Waals surface area contributed by atoms with E-state index in [1.165, 1.54) is 12.1 Å². The Bertz CT molecular complexity index is 624. The van der Waals surface area contributed by atoms with Gasteiger partial charge in [-0.05, 0) is 38.1 Å². The summed E-state index contributed by atoms with van der Waals surface area (Å²) in [5.41, 5.74) is 0.0124. The molecule has 0 aliphatic carbocycles. The highest BCUT2D eigenvalue weighted by atomic mass is 16.6. The van der Waals surface area contributed by atoms with E-state index >= 15 is 0 Å². The molecule has 3 rings (SSSR count). The molecule has 0 atom stereocenters. The van der Waals surface area contributed by atoms with Crippen LogP contribution in [-0.2, 0) is 0 Å². The molecule has 3 N–H and O–H groups in total. The second kappa shape index (κ2) is 7.01. The van der Waals surface area contributed by atoms with Gasteiger partial charge in [0.15, 0.2) is 0 Å². The molecule has 0 amide bonds. The largest absolute Gasteiger partial charge is 0.507 e. The molecule has 112 valence electrons. The van der Waals surface area contributed by atoms with Crippen molar-refractivity contribution < 1.29 is 15.1 Å². The van der Waals surface area contributed by atoms with E-state index in [0.29, 0.717) is 10.8 Å². The molecule has 2 aromatic carbocycles. The quantitative estimate of drug-likeness (QED) is 0.552. The SMILES string of the molecule is O=[N+]([O-])c1ccc(O)c2ccccc12.OC1CCNCC1. The highest BCUT2D eigenvalue weighted by Gasteiger charge is 2.12. The number of non-ortho nitro benzene ring substituents is 1. The van der Waals surface area contributed by atoms with Crippen LogP contribution in [0.15, 0.2) is 36.4 Å². The number of aromatic hydroxyl groups is 1. The number of phenolic OH excluding ortho intramolecular Hbond substituents is 1. The summed E-state index contributed by atoms with van der Waals surface area (Å²) in [6, 6.07) is 9.34. The molecule has 1 heterocycles. The van der Waals surface area contributed by atoms with E-state index < -0.39 is 4.92 Å². The molecule has 0 radical (unpaired) electrons. The molecule has 2 aromatic rings. The molecule has 0 spiro atoms. The van der Waals surface area contributed by atoms with Crippen LogP contribution in [0.25, 0.3) is 10.8 Å². The molecule has 0 saturated carbocycles. The number of nitro groups is 1. The topological polar surface area (TPSA) is 95.6 Å². The number of aliphatic hydroxyl groups is 1. The fraction of sp³-hybridized carbons (Fsp3) is 0.333. The van der Waals surface area contributed by atoms with Gasteiger partial charge in [-0.2, -0.15) is 0 Å². The number of piperidine rings is 1. The van der Waals surface area contributed by atoms with Gasteiger partial charge in [0.05, 0.1) is 16.4 Å². The van der Waals surface area contributed by atoms with E-state index in [4.69, 9.17) is 5.11 Å². The zero-order chi connectivity index (χ0) is 15.2. The molecular formula is C15H18N2O4. The van der Waals surface area contributed by atoms with Gasteiger partial charge >= 0.3 is 0 Å². The van der Waals surface area contributed by atoms with Crippen LogP contribution in [0, 0.1) is 10.1 Å². The molecule has 1 aliphatic heterocycles. The maximum absolute atomic E-state index is 10.7. The lowest BCUT2D eigenvalue weighted by Crippen LogP contribution is -2.30. The van der Waals surface area contributed by atoms with Crippen molar-refractivity contribution >= 4 is 16.5 Å². The first-order valence-electron chi connectivity index (χ1n) is 6.83. The Kier molecular flexibility index (Phi) is 5.08. The van der Waals surface area contributed by atoms with Crippen LogP contribution in [0.4, 0.5) is 5.69 Å². The summed E-state index contributed by atoms with van der Waals surface area (Å²) in [4.78, 5) is 10.2. The fourth-order valence-corrected chi connectivity index (χ4v) is 2.23. The zero-order valence-corrected chi connectivity index (χ0v) is 11.5. The molecule has 1 aliphatic rings. The molecule has 6 heteroatoms. The summed E-state index contributed by atoms with van der Waals surface area (Å²) in [6.07, 6.45) is 1.83. The maximum Gasteiger partial charge on any atom is 0.277 e. The van der Waals surface area contributed by atoms with Gasteiger partial charge in [0.25, 0.3) is 5.69 Å². The Morgan fingerprint density at radius 2 is 1.71 bits per heavy atom. The minimum Gasteiger partial charge on any atom is -0.507 e. The predicted octanol–water partition coefficient (Wildman–Crippen LogP) is 2.18. The molecule has 1 saturated heterocycles. The number of phenols is 1. The van der Waals surface area contributed by atoms with Crippen LogP contribution >= 0.6 is 0 Å². The van der Waals surface area contributed by atoms with E-state index in [2.05, 4.69) is 5.32 Å². The first-order valence-corrected chi connectivity index (χ1v) is 6.83. The third-order valence-corrected chi connectivity index (χ3v) is 3.38. The number of fused-ring (bicyclic) bond motifs is 1. The van der Waals surface area contributed by atoms with Crippen LogP contribution in [0.3, 0.4) is 0 Å². The number of hydrogen-bond acceptors (Lipinski definition) is 5. The van der Waals surface area contributed by atoms with Crippen molar-refractivity contribution in [2.75, 3.05) is 13.1 Å². The van der Waals surface area contributed by atoms with Crippen molar-refractivity contribution in [3.63, 3.8) is 0 Å². The van der Waals surface area contributed by atoms with Crippen molar-refractivity contribution in [3.8, 4) is 5.75 Å². The Labute approximate surface area is 122 Å². The Morgan fingerprint density at radius 3 is 2.24 bits per heavy atom. The summed E-state index contributed by atoms with van der Waals surface area (Å²) in [5, 5.41) is 33.1. The third kappa shape index (κ3) is 3.90. The number of hydrogen-bond donors (Lipinski definition) is 3. The molecule has 1 fully saturated rings. The average Bonchev–Trinajstić information content (AvgIpc) is 2.49. The summed E-state index contributed by atoms with van der Waals surface area (Å²) >= 11 is 0. The van der Waals surface area contributed by atoms with Crippen molar-refractivity contribution in [1.29, 1.82) is 0 Å². The van der Waals surface area contributed by atoms with Crippen molar-refractivity contribution in [3.05, 3.63) is 46.5 Å². The lowest BCUT2D eigenvalue weighted by atomic mass is 10.1. The van der Waals surface area contributed by atoms with Crippen LogP contribution < -0.4 is 5.32 Å². The average molecular weight is 290 g/mol. The van der Waals surface area contributed by atoms with Crippen LogP contribution in [-0.4, -0.2) is 34.3 Å². The minimum absolute atomic E-state index is 0.0124. The van der Waals surface area contributed by atoms with Gasteiger partial charge in [0.1, 0.15) is 5.75 Å². The van der Waals surface area contributed by atoms with Gasteiger partial charge in [0.2, 0.25) is 0 Å². The van der Waals surface area contributed by atoms with Gasteiger partial charge in [-0.15, -0.1) is 0 Å². The maximum atomic E-state index is 10.7. The monoisotopic (exact) mass is 290 g/mol. The Balaban J connectivity index is 0.000000194. The van der Waals surface area contributed by atoms with E-state index in [1.807, 2.05) is 0 Å². The van der Waals surface area contributed by atoms with Crippen molar-refractivity contribution in [2.45, 2.75) is 18.9 Å². The van der Waals surface area contributed by atoms with E-state index in [0.717, 1.165) is 25.9 Å². The second-order valence-corrected chi connectivity index (χ2v) is 4.89. The summed E-state index contributed by atoms with van der Waals surface area (Å²) in [5.74, 6) is 0.0613. The van der Waals surface area contributed by atoms with Gasteiger partial charge < -0.3 is 15.5 Å². The second-order valence-electron chi connectivity index (χ2n) is 4.89. The number of nitrogens with zero attached hydrogens (tertiary/aromatic N) is 1. The van der Waals surface area contributed by atoms with Crippen molar-refractivity contribution in [2.24, 2.45) is 0 Å². The Hall–Kier alpha value is -2.18. The first-order chi connectivity index (χ1) is 10.1. The van der Waals surface area contributed by atoms with Crippen molar-refractivity contribution in [1.82, 2.24) is 5.32 Å². The normalized spacial score (nSPS) is 15.3. The highest BCUT2D eigenvalue weighted by Crippen LogP contribution is 2.31. The predicted molar refractivity (Wildman–Crippen MR) is 80.4 cm³/mol. The van der Waals surface area contributed by atoms with Crippen LogP contribution in [0.2, 0.25) is 0 Å². The third-order valence-electron chi connectivity index (χ3n) is 3.38. The molecule has 0 unspecified atom stereocenters. The van der Waals surface area contributed by atoms with Gasteiger partial charge in [-0.1, -0.05) is 18.2 Å². The number of nitro benzene ring substituents is 1. The van der Waals surface area contributed by atoms with Gasteiger partial charge in [0, 0.05) is 11.5 Å². The number of nitrogens with one attached hydrogen (secondary N) is 1. The fourth-order valence-electron chi connectivity index (χ4n) is 2.23. The summed E-state index contributed by atoms with van der Waals surface area (Å²) < 4.78 is 0. The minimum atomic E-state index is -0.457. The number of rotatable bonds is 1. The molecule has 21 heavy (non-hydrogen) atoms. The molecule has 6 nitrogen and oxygen atoms in total. The first kappa shape index (κ1) is 15.2. The van der Waals surface area contributed by atoms with E-state index in [-0.39, 0.29) is 17.5 Å². The van der Waals surface area contributed by atoms with Gasteiger partial charge in [-0.25, -0.2) is 0 Å². The number of benzene rings is 2. The zero-order valence-electron chi connectivity index (χ0n) is 11.5. The lowest BCUT2D eigenvalue weighted by Gasteiger charge is -2.16. The molecule has 0 bridgehead atoms. The smallest absolute Gasteiger partial charge is 0.277 e.